The number of carbonyl (C=O) groups is 4. The van der Waals surface area contributed by atoms with Crippen molar-refractivity contribution in [2.24, 2.45) is 5.92 Å². The molecule has 0 bridgehead atoms. The number of hydrogen-bond donors (Lipinski definition) is 3. The summed E-state index contributed by atoms with van der Waals surface area (Å²) >= 11 is 0. The summed E-state index contributed by atoms with van der Waals surface area (Å²) in [5.41, 5.74) is 0. The lowest BCUT2D eigenvalue weighted by atomic mass is 10.00. The van der Waals surface area contributed by atoms with Gasteiger partial charge in [-0.05, 0) is 57.3 Å². The van der Waals surface area contributed by atoms with Crippen LogP contribution in [0.1, 0.15) is 420 Å². The topological polar surface area (TPSA) is 237 Å². The van der Waals surface area contributed by atoms with Gasteiger partial charge in [0, 0.05) is 25.7 Å². The second-order valence-corrected chi connectivity index (χ2v) is 32.3. The highest BCUT2D eigenvalue weighted by Gasteiger charge is 2.30. The molecule has 3 unspecified atom stereocenters. The first-order valence-corrected chi connectivity index (χ1v) is 45.5. The molecule has 0 spiro atoms. The number of aliphatic hydroxyl groups is 1. The third-order valence-electron chi connectivity index (χ3n) is 19.3. The predicted octanol–water partition coefficient (Wildman–Crippen LogP) is 24.8. The van der Waals surface area contributed by atoms with Gasteiger partial charge < -0.3 is 33.8 Å². The van der Waals surface area contributed by atoms with Crippen LogP contribution in [-0.4, -0.2) is 96.7 Å². The molecule has 0 aromatic rings. The Bertz CT molecular complexity index is 2040. The zero-order valence-electron chi connectivity index (χ0n) is 66.2. The van der Waals surface area contributed by atoms with Crippen LogP contribution >= 0.6 is 15.6 Å². The normalized spacial score (nSPS) is 14.2. The highest BCUT2D eigenvalue weighted by molar-refractivity contribution is 7.47. The van der Waals surface area contributed by atoms with E-state index in [0.717, 1.165) is 115 Å². The Morgan fingerprint density at radius 1 is 0.314 bits per heavy atom. The van der Waals surface area contributed by atoms with Gasteiger partial charge in [-0.15, -0.1) is 0 Å². The molecule has 0 aliphatic carbocycles. The van der Waals surface area contributed by atoms with Gasteiger partial charge in [-0.25, -0.2) is 9.13 Å². The van der Waals surface area contributed by atoms with Crippen LogP contribution < -0.4 is 0 Å². The van der Waals surface area contributed by atoms with Crippen molar-refractivity contribution in [2.75, 3.05) is 39.6 Å². The summed E-state index contributed by atoms with van der Waals surface area (Å²) in [5.74, 6) is -1.41. The van der Waals surface area contributed by atoms with Crippen LogP contribution in [0.3, 0.4) is 0 Å². The molecule has 3 N–H and O–H groups in total. The Hall–Kier alpha value is -2.46. The van der Waals surface area contributed by atoms with Crippen LogP contribution in [0, 0.1) is 5.92 Å². The van der Waals surface area contributed by atoms with Crippen molar-refractivity contribution in [1.29, 1.82) is 0 Å². The van der Waals surface area contributed by atoms with E-state index in [9.17, 15) is 43.2 Å². The molecule has 0 aliphatic heterocycles. The van der Waals surface area contributed by atoms with Crippen LogP contribution in [0.4, 0.5) is 0 Å². The van der Waals surface area contributed by atoms with E-state index in [2.05, 4.69) is 58.9 Å². The van der Waals surface area contributed by atoms with Gasteiger partial charge in [-0.3, -0.25) is 37.3 Å². The van der Waals surface area contributed by atoms with Crippen molar-refractivity contribution in [2.45, 2.75) is 438 Å². The fraction of sp³-hybridized carbons (Fsp3) is 0.904. The van der Waals surface area contributed by atoms with E-state index in [1.165, 1.54) is 225 Å². The van der Waals surface area contributed by atoms with Crippen molar-refractivity contribution in [3.05, 3.63) is 24.3 Å². The lowest BCUT2D eigenvalue weighted by Crippen LogP contribution is -2.30. The molecule has 0 saturated carbocycles. The Balaban J connectivity index is 5.26. The predicted molar refractivity (Wildman–Crippen MR) is 418 cm³/mol. The first-order chi connectivity index (χ1) is 49.6. The number of hydrogen-bond acceptors (Lipinski definition) is 15. The smallest absolute Gasteiger partial charge is 0.462 e. The van der Waals surface area contributed by atoms with E-state index < -0.39 is 97.5 Å². The summed E-state index contributed by atoms with van der Waals surface area (Å²) < 4.78 is 68.7. The summed E-state index contributed by atoms with van der Waals surface area (Å²) in [4.78, 5) is 73.1. The number of phosphoric acid groups is 2. The van der Waals surface area contributed by atoms with Gasteiger partial charge in [-0.1, -0.05) is 367 Å². The molecule has 102 heavy (non-hydrogen) atoms. The monoisotopic (exact) mass is 1490 g/mol. The Kier molecular flexibility index (Phi) is 73.5. The van der Waals surface area contributed by atoms with Crippen LogP contribution in [0.15, 0.2) is 24.3 Å². The molecule has 0 heterocycles. The standard InChI is InChI=1S/C83H158O17P2/c1-6-10-13-16-19-22-25-28-31-33-34-35-36-37-40-43-46-49-52-59-64-68-82(87)99-78(72-93-80(85)66-61-56-50-47-44-41-39-32-29-26-23-20-17-14-11-7-2)74-97-101(89,90)95-70-77(84)71-96-102(91,92)98-75-79(73-94-81(86)67-62-57-54-53-55-60-65-76(5)9-4)100-83(88)69-63-58-51-48-45-42-38-30-27-24-21-18-15-12-8-3/h24,27,30,38,76-79,84H,6-23,25-26,28-29,31-37,39-75H2,1-5H3,(H,89,90)(H,91,92)/b27-24-,38-30-/t76?,77-,78-,79-/m1/s1. The second-order valence-electron chi connectivity index (χ2n) is 29.4. The summed E-state index contributed by atoms with van der Waals surface area (Å²) in [6, 6.07) is 0. The largest absolute Gasteiger partial charge is 0.472 e. The quantitative estimate of drug-likeness (QED) is 0.0169. The fourth-order valence-electron chi connectivity index (χ4n) is 12.4. The van der Waals surface area contributed by atoms with Gasteiger partial charge in [0.15, 0.2) is 12.2 Å². The summed E-state index contributed by atoms with van der Waals surface area (Å²) in [7, 11) is -9.93. The molecule has 0 aromatic carbocycles. The summed E-state index contributed by atoms with van der Waals surface area (Å²) in [6.45, 7) is 7.23. The average molecular weight is 1490 g/mol. The number of phosphoric ester groups is 2. The zero-order valence-corrected chi connectivity index (χ0v) is 68.0. The second kappa shape index (κ2) is 75.4. The lowest BCUT2D eigenvalue weighted by molar-refractivity contribution is -0.161. The molecule has 17 nitrogen and oxygen atoms in total. The summed E-state index contributed by atoms with van der Waals surface area (Å²) in [6.07, 6.45) is 70.3. The van der Waals surface area contributed by atoms with Crippen molar-refractivity contribution in [3.63, 3.8) is 0 Å². The fourth-order valence-corrected chi connectivity index (χ4v) is 13.9. The van der Waals surface area contributed by atoms with Crippen LogP contribution in [0.25, 0.3) is 0 Å². The Morgan fingerprint density at radius 2 is 0.549 bits per heavy atom. The van der Waals surface area contributed by atoms with E-state index in [1.807, 2.05) is 0 Å². The van der Waals surface area contributed by atoms with Gasteiger partial charge in [-0.2, -0.15) is 0 Å². The molecular formula is C83H158O17P2. The van der Waals surface area contributed by atoms with E-state index in [0.29, 0.717) is 25.7 Å². The number of esters is 4. The van der Waals surface area contributed by atoms with Gasteiger partial charge in [0.05, 0.1) is 26.4 Å². The van der Waals surface area contributed by atoms with Gasteiger partial charge in [0.2, 0.25) is 0 Å². The molecule has 6 atom stereocenters. The van der Waals surface area contributed by atoms with E-state index >= 15 is 0 Å². The Labute approximate surface area is 624 Å². The molecule has 0 rings (SSSR count). The minimum atomic E-state index is -4.97. The molecule has 0 aromatic heterocycles. The molecule has 0 amide bonds. The first kappa shape index (κ1) is 99.5. The van der Waals surface area contributed by atoms with Crippen LogP contribution in [0.5, 0.6) is 0 Å². The van der Waals surface area contributed by atoms with E-state index in [1.54, 1.807) is 0 Å². The highest BCUT2D eigenvalue weighted by atomic mass is 31.2. The third-order valence-corrected chi connectivity index (χ3v) is 21.2. The van der Waals surface area contributed by atoms with Crippen LogP contribution in [0.2, 0.25) is 0 Å². The minimum absolute atomic E-state index is 0.0846. The SMILES string of the molecule is CCCCCC/C=C\C=C/CCCCCCCC(=O)O[C@H](COC(=O)CCCCCCCCC(C)CC)COP(=O)(O)OC[C@H](O)COP(=O)(O)OC[C@@H](COC(=O)CCCCCCCCCCCCCCCCCC)OC(=O)CCCCCCCCCCCCCCCCCCCCCCC. The number of aliphatic hydroxyl groups excluding tert-OH is 1. The number of allylic oxidation sites excluding steroid dienone is 4. The number of unbranched alkanes of at least 4 members (excludes halogenated alkanes) is 49. The third kappa shape index (κ3) is 74.4. The van der Waals surface area contributed by atoms with E-state index in [-0.39, 0.29) is 25.7 Å². The highest BCUT2D eigenvalue weighted by Crippen LogP contribution is 2.45. The molecule has 0 radical (unpaired) electrons. The minimum Gasteiger partial charge on any atom is -0.462 e. The van der Waals surface area contributed by atoms with Crippen LogP contribution in [-0.2, 0) is 65.4 Å². The molecule has 19 heteroatoms. The van der Waals surface area contributed by atoms with Gasteiger partial charge in [0.25, 0.3) is 0 Å². The Morgan fingerprint density at radius 3 is 0.833 bits per heavy atom. The molecule has 0 aliphatic rings. The maximum Gasteiger partial charge on any atom is 0.472 e. The lowest BCUT2D eigenvalue weighted by Gasteiger charge is -2.21. The van der Waals surface area contributed by atoms with Gasteiger partial charge in [0.1, 0.15) is 19.3 Å². The first-order valence-electron chi connectivity index (χ1n) is 42.5. The van der Waals surface area contributed by atoms with Gasteiger partial charge >= 0.3 is 39.5 Å². The maximum absolute atomic E-state index is 13.1. The number of ether oxygens (including phenoxy) is 4. The van der Waals surface area contributed by atoms with Crippen molar-refractivity contribution in [3.8, 4) is 0 Å². The van der Waals surface area contributed by atoms with Crippen molar-refractivity contribution < 1.29 is 80.2 Å². The number of rotatable bonds is 81. The number of carbonyl (C=O) groups excluding carboxylic acids is 4. The van der Waals surface area contributed by atoms with Crippen molar-refractivity contribution in [1.82, 2.24) is 0 Å². The zero-order chi connectivity index (χ0) is 74.8. The average Bonchev–Trinajstić information content (AvgIpc) is 0.925. The molecule has 602 valence electrons. The molecule has 0 fully saturated rings. The summed E-state index contributed by atoms with van der Waals surface area (Å²) in [5, 5.41) is 10.6. The van der Waals surface area contributed by atoms with Crippen molar-refractivity contribution >= 4 is 39.5 Å². The molecule has 0 saturated heterocycles. The maximum atomic E-state index is 13.1. The van der Waals surface area contributed by atoms with E-state index in [4.69, 9.17) is 37.0 Å². The molecular weight excluding hydrogens is 1330 g/mol.